The number of hydrogen-bond acceptors (Lipinski definition) is 3. The van der Waals surface area contributed by atoms with Gasteiger partial charge in [0.1, 0.15) is 0 Å². The lowest BCUT2D eigenvalue weighted by molar-refractivity contribution is -0.152. The Balaban J connectivity index is 2.26. The highest BCUT2D eigenvalue weighted by Crippen LogP contribution is 2.58. The molecular weight excluding hydrogens is 304 g/mol. The standard InChI is InChI=1S/C20H32O4/c1-13(17(22)12-21)9-11-19(3)14(2)7-8-16-15(19)6-5-10-20(16,4)18(23)24/h6,14,16-17,21-22H,1,5,7-12H2,2-4H3,(H,23,24)/t14-,16-,17-,19+,20+/m1/s1. The van der Waals surface area contributed by atoms with E-state index in [0.717, 1.165) is 25.7 Å². The molecule has 0 heterocycles. The molecular formula is C20H32O4. The first kappa shape index (κ1) is 19.2. The molecule has 0 aromatic heterocycles. The molecule has 5 atom stereocenters. The summed E-state index contributed by atoms with van der Waals surface area (Å²) in [6.07, 6.45) is 6.37. The number of carbonyl (C=O) groups is 1. The molecule has 1 fully saturated rings. The van der Waals surface area contributed by atoms with Gasteiger partial charge < -0.3 is 15.3 Å². The highest BCUT2D eigenvalue weighted by atomic mass is 16.4. The summed E-state index contributed by atoms with van der Waals surface area (Å²) in [5.41, 5.74) is 1.21. The number of allylic oxidation sites excluding steroid dienone is 2. The van der Waals surface area contributed by atoms with Crippen molar-refractivity contribution in [1.29, 1.82) is 0 Å². The van der Waals surface area contributed by atoms with Gasteiger partial charge in [-0.25, -0.2) is 0 Å². The molecule has 24 heavy (non-hydrogen) atoms. The van der Waals surface area contributed by atoms with Gasteiger partial charge in [-0.1, -0.05) is 32.1 Å². The first-order valence-corrected chi connectivity index (χ1v) is 9.07. The first-order chi connectivity index (χ1) is 11.2. The second-order valence-corrected chi connectivity index (χ2v) is 8.23. The third-order valence-corrected chi connectivity index (χ3v) is 6.91. The predicted molar refractivity (Wildman–Crippen MR) is 94.5 cm³/mol. The van der Waals surface area contributed by atoms with Gasteiger partial charge in [-0.2, -0.15) is 0 Å². The number of aliphatic carboxylic acids is 1. The van der Waals surface area contributed by atoms with Crippen molar-refractivity contribution in [3.05, 3.63) is 23.8 Å². The summed E-state index contributed by atoms with van der Waals surface area (Å²) < 4.78 is 0. The first-order valence-electron chi connectivity index (χ1n) is 9.07. The Bertz CT molecular complexity index is 538. The van der Waals surface area contributed by atoms with Crippen LogP contribution in [-0.4, -0.2) is 34.0 Å². The fraction of sp³-hybridized carbons (Fsp3) is 0.750. The molecule has 0 radical (unpaired) electrons. The number of aliphatic hydroxyl groups excluding tert-OH is 2. The molecule has 2 rings (SSSR count). The molecule has 3 N–H and O–H groups in total. The minimum atomic E-state index is -0.868. The van der Waals surface area contributed by atoms with Crippen molar-refractivity contribution in [1.82, 2.24) is 0 Å². The SMILES string of the molecule is C=C(CC[C@]1(C)C2=CCC[C@](C)(C(=O)O)[C@@H]2CC[C@H]1C)[C@H](O)CO. The van der Waals surface area contributed by atoms with Crippen LogP contribution in [0.5, 0.6) is 0 Å². The van der Waals surface area contributed by atoms with Gasteiger partial charge in [0.2, 0.25) is 0 Å². The Morgan fingerprint density at radius 3 is 2.67 bits per heavy atom. The van der Waals surface area contributed by atoms with E-state index in [1.807, 2.05) is 6.92 Å². The average Bonchev–Trinajstić information content (AvgIpc) is 2.55. The van der Waals surface area contributed by atoms with E-state index in [-0.39, 0.29) is 17.9 Å². The number of rotatable bonds is 6. The molecule has 136 valence electrons. The molecule has 0 spiro atoms. The zero-order chi connectivity index (χ0) is 18.1. The Morgan fingerprint density at radius 1 is 1.42 bits per heavy atom. The molecule has 4 nitrogen and oxygen atoms in total. The van der Waals surface area contributed by atoms with E-state index in [4.69, 9.17) is 5.11 Å². The van der Waals surface area contributed by atoms with Crippen molar-refractivity contribution in [3.8, 4) is 0 Å². The summed E-state index contributed by atoms with van der Waals surface area (Å²) in [7, 11) is 0. The zero-order valence-electron chi connectivity index (χ0n) is 15.2. The van der Waals surface area contributed by atoms with Crippen LogP contribution in [0.1, 0.15) is 59.3 Å². The van der Waals surface area contributed by atoms with Crippen LogP contribution in [0.25, 0.3) is 0 Å². The lowest BCUT2D eigenvalue weighted by Gasteiger charge is -2.52. The lowest BCUT2D eigenvalue weighted by Crippen LogP contribution is -2.47. The molecule has 4 heteroatoms. The summed E-state index contributed by atoms with van der Waals surface area (Å²) in [5, 5.41) is 28.6. The van der Waals surface area contributed by atoms with Crippen molar-refractivity contribution in [2.45, 2.75) is 65.4 Å². The van der Waals surface area contributed by atoms with E-state index in [9.17, 15) is 15.0 Å². The smallest absolute Gasteiger partial charge is 0.309 e. The molecule has 0 aliphatic heterocycles. The van der Waals surface area contributed by atoms with E-state index < -0.39 is 17.5 Å². The summed E-state index contributed by atoms with van der Waals surface area (Å²) in [4.78, 5) is 11.9. The fourth-order valence-corrected chi connectivity index (χ4v) is 4.67. The highest BCUT2D eigenvalue weighted by molar-refractivity contribution is 5.75. The zero-order valence-corrected chi connectivity index (χ0v) is 15.2. The summed E-state index contributed by atoms with van der Waals surface area (Å²) >= 11 is 0. The van der Waals surface area contributed by atoms with Crippen LogP contribution >= 0.6 is 0 Å². The van der Waals surface area contributed by atoms with Crippen molar-refractivity contribution < 1.29 is 20.1 Å². The molecule has 1 saturated carbocycles. The van der Waals surface area contributed by atoms with Gasteiger partial charge in [-0.05, 0) is 68.3 Å². The number of carboxylic acids is 1. The van der Waals surface area contributed by atoms with Gasteiger partial charge in [-0.3, -0.25) is 4.79 Å². The van der Waals surface area contributed by atoms with Crippen molar-refractivity contribution in [2.24, 2.45) is 22.7 Å². The average molecular weight is 336 g/mol. The second-order valence-electron chi connectivity index (χ2n) is 8.23. The van der Waals surface area contributed by atoms with Crippen LogP contribution in [-0.2, 0) is 4.79 Å². The highest BCUT2D eigenvalue weighted by Gasteiger charge is 2.52. The minimum absolute atomic E-state index is 0.0713. The van der Waals surface area contributed by atoms with E-state index in [0.29, 0.717) is 24.3 Å². The van der Waals surface area contributed by atoms with E-state index in [1.165, 1.54) is 5.57 Å². The maximum atomic E-state index is 11.9. The molecule has 0 saturated heterocycles. The predicted octanol–water partition coefficient (Wildman–Crippen LogP) is 3.54. The van der Waals surface area contributed by atoms with E-state index >= 15 is 0 Å². The Hall–Kier alpha value is -1.13. The molecule has 2 aliphatic carbocycles. The number of hydrogen-bond donors (Lipinski definition) is 3. The summed E-state index contributed by atoms with van der Waals surface area (Å²) in [6.45, 7) is 9.99. The maximum absolute atomic E-state index is 11.9. The normalized spacial score (nSPS) is 37.3. The van der Waals surface area contributed by atoms with Crippen LogP contribution in [0, 0.1) is 22.7 Å². The Kier molecular flexibility index (Phi) is 5.61. The topological polar surface area (TPSA) is 77.8 Å². The Morgan fingerprint density at radius 2 is 2.08 bits per heavy atom. The summed E-state index contributed by atoms with van der Waals surface area (Å²) in [6, 6.07) is 0. The molecule has 0 aromatic rings. The number of aliphatic hydroxyl groups is 2. The van der Waals surface area contributed by atoms with Crippen LogP contribution in [0.15, 0.2) is 23.8 Å². The van der Waals surface area contributed by atoms with Gasteiger partial charge >= 0.3 is 5.97 Å². The minimum Gasteiger partial charge on any atom is -0.481 e. The quantitative estimate of drug-likeness (QED) is 0.648. The van der Waals surface area contributed by atoms with Crippen LogP contribution in [0.4, 0.5) is 0 Å². The third kappa shape index (κ3) is 3.18. The molecule has 2 aliphatic rings. The molecule has 0 unspecified atom stereocenters. The molecule has 0 bridgehead atoms. The Labute approximate surface area is 145 Å². The number of carboxylic acid groups (broad SMARTS) is 1. The fourth-order valence-electron chi connectivity index (χ4n) is 4.67. The lowest BCUT2D eigenvalue weighted by atomic mass is 9.51. The van der Waals surface area contributed by atoms with E-state index in [1.54, 1.807) is 0 Å². The van der Waals surface area contributed by atoms with Crippen LogP contribution in [0.2, 0.25) is 0 Å². The maximum Gasteiger partial charge on any atom is 0.309 e. The van der Waals surface area contributed by atoms with Crippen LogP contribution in [0.3, 0.4) is 0 Å². The van der Waals surface area contributed by atoms with Gasteiger partial charge in [-0.15, -0.1) is 0 Å². The number of fused-ring (bicyclic) bond motifs is 1. The molecule has 0 aromatic carbocycles. The third-order valence-electron chi connectivity index (χ3n) is 6.91. The monoisotopic (exact) mass is 336 g/mol. The summed E-state index contributed by atoms with van der Waals surface area (Å²) in [5.74, 6) is -0.119. The van der Waals surface area contributed by atoms with Crippen molar-refractivity contribution in [2.75, 3.05) is 6.61 Å². The largest absolute Gasteiger partial charge is 0.481 e. The van der Waals surface area contributed by atoms with E-state index in [2.05, 4.69) is 26.5 Å². The second kappa shape index (κ2) is 7.01. The van der Waals surface area contributed by atoms with Gasteiger partial charge in [0.25, 0.3) is 0 Å². The molecule has 0 amide bonds. The van der Waals surface area contributed by atoms with Gasteiger partial charge in [0.05, 0.1) is 18.1 Å². The van der Waals surface area contributed by atoms with Crippen LogP contribution < -0.4 is 0 Å². The van der Waals surface area contributed by atoms with Gasteiger partial charge in [0.15, 0.2) is 0 Å². The van der Waals surface area contributed by atoms with Crippen molar-refractivity contribution in [3.63, 3.8) is 0 Å². The van der Waals surface area contributed by atoms with Gasteiger partial charge in [0, 0.05) is 0 Å². The van der Waals surface area contributed by atoms with Crippen molar-refractivity contribution >= 4 is 5.97 Å².